The van der Waals surface area contributed by atoms with Crippen LogP contribution >= 0.6 is 11.8 Å². The van der Waals surface area contributed by atoms with Crippen molar-refractivity contribution >= 4 is 17.4 Å². The Labute approximate surface area is 104 Å². The zero-order valence-electron chi connectivity index (χ0n) is 9.59. The Kier molecular flexibility index (Phi) is 3.98. The largest absolute Gasteiger partial charge is 0.397 e. The number of pyridine rings is 1. The first-order valence-corrected chi connectivity index (χ1v) is 6.42. The summed E-state index contributed by atoms with van der Waals surface area (Å²) in [7, 11) is 0. The molecule has 2 rings (SSSR count). The molecule has 0 aliphatic carbocycles. The molecular formula is C11H14N4OS. The fraction of sp³-hybridized carbons (Fsp3) is 0.364. The molecule has 2 N–H and O–H groups in total. The van der Waals surface area contributed by atoms with Gasteiger partial charge in [-0.25, -0.2) is 0 Å². The molecule has 2 aromatic rings. The number of nitrogen functional groups attached to an aromatic ring is 1. The predicted octanol–water partition coefficient (Wildman–Crippen LogP) is 2.29. The molecule has 0 radical (unpaired) electrons. The third-order valence-electron chi connectivity index (χ3n) is 2.14. The average molecular weight is 250 g/mol. The molecule has 6 heteroatoms. The lowest BCUT2D eigenvalue weighted by atomic mass is 10.3. The van der Waals surface area contributed by atoms with Crippen molar-refractivity contribution in [2.24, 2.45) is 0 Å². The minimum absolute atomic E-state index is 0.654. The van der Waals surface area contributed by atoms with Crippen LogP contribution in [0.25, 0.3) is 0 Å². The van der Waals surface area contributed by atoms with E-state index in [1.165, 1.54) is 0 Å². The second-order valence-corrected chi connectivity index (χ2v) is 4.57. The first-order valence-electron chi connectivity index (χ1n) is 5.43. The third-order valence-corrected chi connectivity index (χ3v) is 3.23. The van der Waals surface area contributed by atoms with E-state index < -0.39 is 0 Å². The molecule has 90 valence electrons. The van der Waals surface area contributed by atoms with Crippen LogP contribution in [0.1, 0.15) is 25.1 Å². The minimum Gasteiger partial charge on any atom is -0.397 e. The van der Waals surface area contributed by atoms with Gasteiger partial charge >= 0.3 is 0 Å². The van der Waals surface area contributed by atoms with Crippen molar-refractivity contribution in [2.45, 2.75) is 30.4 Å². The number of hydrogen-bond acceptors (Lipinski definition) is 6. The average Bonchev–Trinajstić information content (AvgIpc) is 2.76. The van der Waals surface area contributed by atoms with E-state index in [1.807, 2.05) is 6.07 Å². The molecule has 0 aromatic carbocycles. The van der Waals surface area contributed by atoms with Crippen molar-refractivity contribution in [2.75, 3.05) is 5.73 Å². The van der Waals surface area contributed by atoms with E-state index in [-0.39, 0.29) is 0 Å². The number of rotatable bonds is 5. The van der Waals surface area contributed by atoms with Crippen molar-refractivity contribution in [3.63, 3.8) is 0 Å². The van der Waals surface area contributed by atoms with Gasteiger partial charge in [0.1, 0.15) is 0 Å². The maximum Gasteiger partial charge on any atom is 0.226 e. The molecule has 0 atom stereocenters. The molecule has 0 aliphatic rings. The molecule has 0 bridgehead atoms. The topological polar surface area (TPSA) is 77.8 Å². The summed E-state index contributed by atoms with van der Waals surface area (Å²) >= 11 is 1.58. The highest BCUT2D eigenvalue weighted by molar-refractivity contribution is 7.98. The Hall–Kier alpha value is -1.56. The zero-order valence-corrected chi connectivity index (χ0v) is 10.4. The molecule has 2 heterocycles. The van der Waals surface area contributed by atoms with E-state index >= 15 is 0 Å². The van der Waals surface area contributed by atoms with Gasteiger partial charge in [-0.05, 0) is 12.5 Å². The highest BCUT2D eigenvalue weighted by Gasteiger charge is 2.07. The maximum absolute atomic E-state index is 5.79. The number of aryl methyl sites for hydroxylation is 1. The van der Waals surface area contributed by atoms with Gasteiger partial charge in [0.15, 0.2) is 5.82 Å². The summed E-state index contributed by atoms with van der Waals surface area (Å²) in [6.45, 7) is 2.08. The van der Waals surface area contributed by atoms with E-state index in [9.17, 15) is 0 Å². The Morgan fingerprint density at radius 1 is 1.47 bits per heavy atom. The van der Waals surface area contributed by atoms with Crippen LogP contribution in [0.2, 0.25) is 0 Å². The van der Waals surface area contributed by atoms with Gasteiger partial charge < -0.3 is 10.3 Å². The molecule has 0 unspecified atom stereocenters. The van der Waals surface area contributed by atoms with Crippen LogP contribution in [0.3, 0.4) is 0 Å². The van der Waals surface area contributed by atoms with E-state index in [4.69, 9.17) is 10.3 Å². The molecular weight excluding hydrogens is 236 g/mol. The summed E-state index contributed by atoms with van der Waals surface area (Å²) in [5.74, 6) is 2.06. The Bertz CT molecular complexity index is 486. The molecule has 0 aliphatic heterocycles. The molecule has 0 saturated heterocycles. The third kappa shape index (κ3) is 3.20. The van der Waals surface area contributed by atoms with Crippen LogP contribution in [0.4, 0.5) is 5.69 Å². The van der Waals surface area contributed by atoms with E-state index in [0.29, 0.717) is 23.2 Å². The standard InChI is InChI=1S/C11H14N4OS/c1-2-3-11-14-10(15-16-11)7-17-9-4-5-13-6-8(9)12/h4-6H,2-3,7,12H2,1H3. The van der Waals surface area contributed by atoms with Crippen molar-refractivity contribution in [1.29, 1.82) is 0 Å². The number of hydrogen-bond donors (Lipinski definition) is 1. The van der Waals surface area contributed by atoms with Gasteiger partial charge in [-0.1, -0.05) is 12.1 Å². The summed E-state index contributed by atoms with van der Waals surface area (Å²) in [6, 6.07) is 1.88. The lowest BCUT2D eigenvalue weighted by molar-refractivity contribution is 0.373. The second kappa shape index (κ2) is 5.67. The van der Waals surface area contributed by atoms with Gasteiger partial charge in [-0.3, -0.25) is 4.98 Å². The van der Waals surface area contributed by atoms with Gasteiger partial charge in [0.05, 0.1) is 17.6 Å². The fourth-order valence-electron chi connectivity index (χ4n) is 1.33. The van der Waals surface area contributed by atoms with Gasteiger partial charge in [0.25, 0.3) is 0 Å². The molecule has 0 saturated carbocycles. The highest BCUT2D eigenvalue weighted by atomic mass is 32.2. The second-order valence-electron chi connectivity index (χ2n) is 3.56. The van der Waals surface area contributed by atoms with Crippen molar-refractivity contribution < 1.29 is 4.52 Å². The highest BCUT2D eigenvalue weighted by Crippen LogP contribution is 2.26. The summed E-state index contributed by atoms with van der Waals surface area (Å²) in [6.07, 6.45) is 5.19. The van der Waals surface area contributed by atoms with Crippen LogP contribution in [0, 0.1) is 0 Å². The monoisotopic (exact) mass is 250 g/mol. The van der Waals surface area contributed by atoms with E-state index in [1.54, 1.807) is 24.2 Å². The van der Waals surface area contributed by atoms with Gasteiger partial charge in [0, 0.05) is 17.5 Å². The zero-order chi connectivity index (χ0) is 12.1. The Morgan fingerprint density at radius 3 is 3.12 bits per heavy atom. The van der Waals surface area contributed by atoms with Gasteiger partial charge in [-0.2, -0.15) is 4.98 Å². The number of nitrogens with zero attached hydrogens (tertiary/aromatic N) is 3. The van der Waals surface area contributed by atoms with Crippen LogP contribution in [0.15, 0.2) is 27.9 Å². The number of aromatic nitrogens is 3. The number of thioether (sulfide) groups is 1. The van der Waals surface area contributed by atoms with Crippen LogP contribution in [0.5, 0.6) is 0 Å². The molecule has 2 aromatic heterocycles. The van der Waals surface area contributed by atoms with Crippen LogP contribution < -0.4 is 5.73 Å². The lowest BCUT2D eigenvalue weighted by Gasteiger charge is -2.01. The predicted molar refractivity (Wildman–Crippen MR) is 66.5 cm³/mol. The summed E-state index contributed by atoms with van der Waals surface area (Å²) in [4.78, 5) is 9.22. The molecule has 0 amide bonds. The van der Waals surface area contributed by atoms with Gasteiger partial charge in [-0.15, -0.1) is 11.8 Å². The summed E-state index contributed by atoms with van der Waals surface area (Å²) in [5.41, 5.74) is 6.47. The van der Waals surface area contributed by atoms with Gasteiger partial charge in [0.2, 0.25) is 5.89 Å². The lowest BCUT2D eigenvalue weighted by Crippen LogP contribution is -1.91. The maximum atomic E-state index is 5.79. The van der Waals surface area contributed by atoms with Crippen molar-refractivity contribution in [1.82, 2.24) is 15.1 Å². The first kappa shape index (κ1) is 11.9. The molecule has 17 heavy (non-hydrogen) atoms. The van der Waals surface area contributed by atoms with E-state index in [2.05, 4.69) is 22.0 Å². The van der Waals surface area contributed by atoms with Crippen LogP contribution in [-0.2, 0) is 12.2 Å². The molecule has 0 spiro atoms. The normalized spacial score (nSPS) is 10.6. The molecule has 5 nitrogen and oxygen atoms in total. The number of nitrogens with two attached hydrogens (primary N) is 1. The van der Waals surface area contributed by atoms with Crippen molar-refractivity contribution in [3.05, 3.63) is 30.2 Å². The van der Waals surface area contributed by atoms with Crippen LogP contribution in [-0.4, -0.2) is 15.1 Å². The minimum atomic E-state index is 0.654. The van der Waals surface area contributed by atoms with E-state index in [0.717, 1.165) is 17.7 Å². The SMILES string of the molecule is CCCc1nc(CSc2ccncc2N)no1. The fourth-order valence-corrected chi connectivity index (χ4v) is 2.11. The Balaban J connectivity index is 1.95. The smallest absolute Gasteiger partial charge is 0.226 e. The first-order chi connectivity index (χ1) is 8.29. The molecule has 0 fully saturated rings. The summed E-state index contributed by atoms with van der Waals surface area (Å²) in [5, 5.41) is 3.92. The van der Waals surface area contributed by atoms with Crippen molar-refractivity contribution in [3.8, 4) is 0 Å². The summed E-state index contributed by atoms with van der Waals surface area (Å²) < 4.78 is 5.11. The quantitative estimate of drug-likeness (QED) is 0.820. The Morgan fingerprint density at radius 2 is 2.35 bits per heavy atom. The number of anilines is 1.